The van der Waals surface area contributed by atoms with Gasteiger partial charge in [-0.15, -0.1) is 0 Å². The number of quaternary nitrogens is 1. The van der Waals surface area contributed by atoms with Crippen LogP contribution in [-0.2, 0) is 10.0 Å². The zero-order chi connectivity index (χ0) is 19.6. The van der Waals surface area contributed by atoms with Crippen molar-refractivity contribution in [3.8, 4) is 11.5 Å². The third-order valence-corrected chi connectivity index (χ3v) is 6.01. The molecule has 148 valence electrons. The third kappa shape index (κ3) is 5.34. The highest BCUT2D eigenvalue weighted by Crippen LogP contribution is 2.30. The molecule has 0 amide bonds. The Morgan fingerprint density at radius 3 is 2.19 bits per heavy atom. The molecule has 0 saturated carbocycles. The second kappa shape index (κ2) is 7.74. The smallest absolute Gasteiger partial charge is 0.244 e. The summed E-state index contributed by atoms with van der Waals surface area (Å²) >= 11 is 0. The van der Waals surface area contributed by atoms with Gasteiger partial charge in [-0.2, -0.15) is 0 Å². The van der Waals surface area contributed by atoms with E-state index in [1.165, 1.54) is 0 Å². The number of benzene rings is 1. The first kappa shape index (κ1) is 21.0. The first-order valence-electron chi connectivity index (χ1n) is 9.27. The maximum atomic E-state index is 13.1. The molecular weight excluding hydrogens is 352 g/mol. The molecule has 1 aromatic carbocycles. The molecule has 26 heavy (non-hydrogen) atoms. The zero-order valence-corrected chi connectivity index (χ0v) is 17.6. The van der Waals surface area contributed by atoms with Crippen molar-refractivity contribution in [3.05, 3.63) is 18.2 Å². The minimum absolute atomic E-state index is 0.0230. The molecular formula is C19H33N2O4S+. The number of rotatable bonds is 7. The number of hydrogen-bond acceptors (Lipinski definition) is 4. The number of piperidine rings is 1. The number of nitrogens with two attached hydrogens (primary N) is 1. The molecule has 1 heterocycles. The summed E-state index contributed by atoms with van der Waals surface area (Å²) in [6, 6.07) is 4.81. The fourth-order valence-corrected chi connectivity index (χ4v) is 5.51. The van der Waals surface area contributed by atoms with Gasteiger partial charge >= 0.3 is 0 Å². The van der Waals surface area contributed by atoms with Crippen LogP contribution in [0.25, 0.3) is 0 Å². The van der Waals surface area contributed by atoms with Crippen LogP contribution >= 0.6 is 0 Å². The predicted octanol–water partition coefficient (Wildman–Crippen LogP) is 2.05. The van der Waals surface area contributed by atoms with Crippen LogP contribution in [0.15, 0.2) is 23.1 Å². The number of ether oxygens (including phenoxy) is 2. The predicted molar refractivity (Wildman–Crippen MR) is 102 cm³/mol. The second-order valence-electron chi connectivity index (χ2n) is 8.32. The van der Waals surface area contributed by atoms with Crippen molar-refractivity contribution >= 4 is 10.0 Å². The Kier molecular flexibility index (Phi) is 6.25. The third-order valence-electron chi connectivity index (χ3n) is 4.46. The molecule has 0 spiro atoms. The van der Waals surface area contributed by atoms with Crippen LogP contribution < -0.4 is 19.5 Å². The van der Waals surface area contributed by atoms with E-state index < -0.39 is 10.0 Å². The highest BCUT2D eigenvalue weighted by atomic mass is 32.2. The van der Waals surface area contributed by atoms with E-state index >= 15 is 0 Å². The lowest BCUT2D eigenvalue weighted by Crippen LogP contribution is -3.06. The molecule has 0 unspecified atom stereocenters. The van der Waals surface area contributed by atoms with Gasteiger partial charge in [0.25, 0.3) is 0 Å². The fraction of sp³-hybridized carbons (Fsp3) is 0.684. The lowest BCUT2D eigenvalue weighted by atomic mass is 9.80. The summed E-state index contributed by atoms with van der Waals surface area (Å²) in [6.07, 6.45) is 1.54. The van der Waals surface area contributed by atoms with Crippen LogP contribution in [0.5, 0.6) is 11.5 Å². The maximum absolute atomic E-state index is 13.1. The van der Waals surface area contributed by atoms with Crippen molar-refractivity contribution in [3.63, 3.8) is 0 Å². The van der Waals surface area contributed by atoms with Gasteiger partial charge in [-0.1, -0.05) is 0 Å². The molecule has 6 nitrogen and oxygen atoms in total. The van der Waals surface area contributed by atoms with Crippen molar-refractivity contribution in [2.45, 2.75) is 76.4 Å². The van der Waals surface area contributed by atoms with Crippen molar-refractivity contribution in [2.24, 2.45) is 0 Å². The van der Waals surface area contributed by atoms with Crippen LogP contribution in [0.3, 0.4) is 0 Å². The minimum Gasteiger partial charge on any atom is -0.494 e. The van der Waals surface area contributed by atoms with Crippen LogP contribution in [0, 0.1) is 0 Å². The summed E-state index contributed by atoms with van der Waals surface area (Å²) in [4.78, 5) is 0.135. The summed E-state index contributed by atoms with van der Waals surface area (Å²) in [5.74, 6) is 0.873. The summed E-state index contributed by atoms with van der Waals surface area (Å²) in [5, 5.41) is 2.33. The van der Waals surface area contributed by atoms with Crippen molar-refractivity contribution in [2.75, 3.05) is 13.2 Å². The molecule has 0 radical (unpaired) electrons. The monoisotopic (exact) mass is 385 g/mol. The van der Waals surface area contributed by atoms with Gasteiger partial charge in [0.2, 0.25) is 10.0 Å². The number of sulfonamides is 1. The summed E-state index contributed by atoms with van der Waals surface area (Å²) < 4.78 is 40.2. The van der Waals surface area contributed by atoms with Crippen molar-refractivity contribution in [1.29, 1.82) is 0 Å². The molecule has 0 bridgehead atoms. The molecule has 0 aliphatic carbocycles. The van der Waals surface area contributed by atoms with E-state index in [1.807, 2.05) is 13.8 Å². The van der Waals surface area contributed by atoms with E-state index in [1.54, 1.807) is 18.2 Å². The van der Waals surface area contributed by atoms with Gasteiger partial charge in [-0.25, -0.2) is 13.1 Å². The lowest BCUT2D eigenvalue weighted by Gasteiger charge is -2.43. The summed E-state index contributed by atoms with van der Waals surface area (Å²) in [6.45, 7) is 13.2. The first-order valence-corrected chi connectivity index (χ1v) is 10.8. The Labute approximate surface area is 157 Å². The largest absolute Gasteiger partial charge is 0.494 e. The number of hydrogen-bond donors (Lipinski definition) is 2. The normalized spacial score (nSPS) is 19.9. The first-order chi connectivity index (χ1) is 12.0. The Morgan fingerprint density at radius 1 is 1.08 bits per heavy atom. The van der Waals surface area contributed by atoms with Crippen LogP contribution in [-0.4, -0.2) is 38.8 Å². The fourth-order valence-electron chi connectivity index (χ4n) is 4.11. The van der Waals surface area contributed by atoms with Gasteiger partial charge in [0.05, 0.1) is 24.3 Å². The molecule has 1 fully saturated rings. The molecule has 3 N–H and O–H groups in total. The molecule has 1 saturated heterocycles. The maximum Gasteiger partial charge on any atom is 0.244 e. The highest BCUT2D eigenvalue weighted by Gasteiger charge is 2.43. The average Bonchev–Trinajstić information content (AvgIpc) is 2.45. The molecule has 0 aromatic heterocycles. The molecule has 1 aliphatic heterocycles. The van der Waals surface area contributed by atoms with Crippen molar-refractivity contribution < 1.29 is 23.2 Å². The topological polar surface area (TPSA) is 81.2 Å². The van der Waals surface area contributed by atoms with Crippen LogP contribution in [0.2, 0.25) is 0 Å². The van der Waals surface area contributed by atoms with Crippen molar-refractivity contribution in [1.82, 2.24) is 4.72 Å². The lowest BCUT2D eigenvalue weighted by molar-refractivity contribution is -0.787. The quantitative estimate of drug-likeness (QED) is 0.753. The van der Waals surface area contributed by atoms with E-state index in [9.17, 15) is 8.42 Å². The minimum atomic E-state index is -3.72. The molecule has 1 aliphatic rings. The second-order valence-corrected chi connectivity index (χ2v) is 10.0. The molecule has 2 rings (SSSR count). The Bertz CT molecular complexity index is 713. The zero-order valence-electron chi connectivity index (χ0n) is 16.8. The Balaban J connectivity index is 2.32. The van der Waals surface area contributed by atoms with Gasteiger partial charge in [-0.05, 0) is 53.7 Å². The van der Waals surface area contributed by atoms with E-state index in [0.717, 1.165) is 12.8 Å². The van der Waals surface area contributed by atoms with Gasteiger partial charge in [-0.3, -0.25) is 0 Å². The highest BCUT2D eigenvalue weighted by molar-refractivity contribution is 7.89. The standard InChI is InChI=1S/C19H32N2O4S/c1-7-24-15-9-10-16(25-8-2)17(11-15)26(22,23)20-14-12-18(3,4)21-19(5,6)13-14/h9-11,14,20-21H,7-8,12-13H2,1-6H3/p+1. The van der Waals surface area contributed by atoms with Gasteiger partial charge in [0, 0.05) is 24.9 Å². The van der Waals surface area contributed by atoms with Crippen LogP contribution in [0.1, 0.15) is 54.4 Å². The Hall–Kier alpha value is -1.31. The molecule has 0 atom stereocenters. The van der Waals surface area contributed by atoms with Gasteiger partial charge < -0.3 is 14.8 Å². The summed E-state index contributed by atoms with van der Waals surface area (Å²) in [7, 11) is -3.72. The van der Waals surface area contributed by atoms with E-state index in [-0.39, 0.29) is 22.0 Å². The SMILES string of the molecule is CCOc1ccc(OCC)c(S(=O)(=O)NC2CC(C)(C)[NH2+]C(C)(C)C2)c1. The molecule has 1 aromatic rings. The van der Waals surface area contributed by atoms with E-state index in [4.69, 9.17) is 9.47 Å². The van der Waals surface area contributed by atoms with Gasteiger partial charge in [0.1, 0.15) is 16.4 Å². The molecule has 7 heteroatoms. The van der Waals surface area contributed by atoms with Gasteiger partial charge in [0.15, 0.2) is 0 Å². The van der Waals surface area contributed by atoms with E-state index in [0.29, 0.717) is 24.7 Å². The Morgan fingerprint density at radius 2 is 1.65 bits per heavy atom. The average molecular weight is 386 g/mol. The van der Waals surface area contributed by atoms with Crippen LogP contribution in [0.4, 0.5) is 0 Å². The summed E-state index contributed by atoms with van der Waals surface area (Å²) in [5.41, 5.74) is -0.0459. The number of nitrogens with one attached hydrogen (secondary N) is 1. The van der Waals surface area contributed by atoms with E-state index in [2.05, 4.69) is 37.7 Å².